The lowest BCUT2D eigenvalue weighted by atomic mass is 9.90. The Morgan fingerprint density at radius 3 is 2.26 bits per heavy atom. The number of benzene rings is 3. The third-order valence-electron chi connectivity index (χ3n) is 9.19. The topological polar surface area (TPSA) is 6.48 Å². The number of hydrogen-bond acceptors (Lipinski definition) is 2. The first-order valence-electron chi connectivity index (χ1n) is 17.6. The van der Waals surface area contributed by atoms with Gasteiger partial charge >= 0.3 is 0 Å². The molecular formula is C43H58F2N2. The summed E-state index contributed by atoms with van der Waals surface area (Å²) in [5.41, 5.74) is 10.3. The number of hydrogen-bond donors (Lipinski definition) is 0. The van der Waals surface area contributed by atoms with Crippen LogP contribution in [0.4, 0.5) is 14.5 Å². The van der Waals surface area contributed by atoms with Crippen LogP contribution in [0.5, 0.6) is 0 Å². The van der Waals surface area contributed by atoms with E-state index in [0.717, 1.165) is 67.1 Å². The Morgan fingerprint density at radius 2 is 1.68 bits per heavy atom. The van der Waals surface area contributed by atoms with Crippen LogP contribution in [0.15, 0.2) is 96.7 Å². The normalized spacial score (nSPS) is 14.6. The van der Waals surface area contributed by atoms with Gasteiger partial charge in [0.15, 0.2) is 0 Å². The van der Waals surface area contributed by atoms with Crippen molar-refractivity contribution in [3.63, 3.8) is 0 Å². The van der Waals surface area contributed by atoms with Crippen molar-refractivity contribution in [1.82, 2.24) is 4.90 Å². The number of anilines is 1. The number of piperidine rings is 1. The molecule has 0 spiro atoms. The molecule has 0 atom stereocenters. The van der Waals surface area contributed by atoms with Crippen LogP contribution < -0.4 is 4.90 Å². The molecule has 0 bridgehead atoms. The minimum Gasteiger partial charge on any atom is -0.341 e. The van der Waals surface area contributed by atoms with E-state index < -0.39 is 0 Å². The van der Waals surface area contributed by atoms with Crippen molar-refractivity contribution in [3.8, 4) is 0 Å². The lowest BCUT2D eigenvalue weighted by molar-refractivity contribution is 0.190. The van der Waals surface area contributed by atoms with Crippen molar-refractivity contribution in [2.24, 2.45) is 11.8 Å². The first-order chi connectivity index (χ1) is 22.6. The maximum absolute atomic E-state index is 13.9. The smallest absolute Gasteiger partial charge is 0.123 e. The van der Waals surface area contributed by atoms with Gasteiger partial charge < -0.3 is 4.90 Å². The van der Waals surface area contributed by atoms with Gasteiger partial charge in [-0.05, 0) is 117 Å². The van der Waals surface area contributed by atoms with Crippen LogP contribution in [-0.4, -0.2) is 31.2 Å². The van der Waals surface area contributed by atoms with Gasteiger partial charge in [0, 0.05) is 30.4 Å². The van der Waals surface area contributed by atoms with Crippen molar-refractivity contribution in [1.29, 1.82) is 0 Å². The highest BCUT2D eigenvalue weighted by Gasteiger charge is 2.27. The molecule has 0 aromatic heterocycles. The SMILES string of the molecule is C=C(CCF)CN(/C(=C/CC)C1CCN(Cc2ccc(/C(=C\C)c3cccc(F)c3)c(C)c2)CC1)c1ccccc1C.CCC(C)C. The predicted molar refractivity (Wildman–Crippen MR) is 200 cm³/mol. The van der Waals surface area contributed by atoms with Crippen LogP contribution in [0, 0.1) is 31.5 Å². The van der Waals surface area contributed by atoms with E-state index in [1.54, 1.807) is 12.1 Å². The fourth-order valence-electron chi connectivity index (χ4n) is 6.23. The zero-order valence-corrected chi connectivity index (χ0v) is 30.1. The van der Waals surface area contributed by atoms with Gasteiger partial charge in [-0.2, -0.15) is 0 Å². The Labute approximate surface area is 284 Å². The van der Waals surface area contributed by atoms with E-state index in [1.807, 2.05) is 13.0 Å². The number of alkyl halides is 1. The highest BCUT2D eigenvalue weighted by Crippen LogP contribution is 2.34. The Balaban J connectivity index is 0.00000111. The van der Waals surface area contributed by atoms with Gasteiger partial charge in [-0.15, -0.1) is 0 Å². The number of nitrogens with zero attached hydrogens (tertiary/aromatic N) is 2. The molecule has 0 aliphatic carbocycles. The van der Waals surface area contributed by atoms with E-state index in [2.05, 4.69) is 113 Å². The summed E-state index contributed by atoms with van der Waals surface area (Å²) in [7, 11) is 0. The molecule has 0 radical (unpaired) electrons. The van der Waals surface area contributed by atoms with Crippen LogP contribution in [0.2, 0.25) is 0 Å². The maximum Gasteiger partial charge on any atom is 0.123 e. The van der Waals surface area contributed by atoms with E-state index in [4.69, 9.17) is 0 Å². The Kier molecular flexibility index (Phi) is 15.6. The van der Waals surface area contributed by atoms with Gasteiger partial charge in [0.1, 0.15) is 5.82 Å². The van der Waals surface area contributed by atoms with Crippen LogP contribution in [-0.2, 0) is 6.54 Å². The summed E-state index contributed by atoms with van der Waals surface area (Å²) in [6.07, 6.45) is 9.27. The fourth-order valence-corrected chi connectivity index (χ4v) is 6.23. The minimum absolute atomic E-state index is 0.215. The molecule has 3 aromatic rings. The highest BCUT2D eigenvalue weighted by molar-refractivity contribution is 5.81. The predicted octanol–water partition coefficient (Wildman–Crippen LogP) is 11.9. The van der Waals surface area contributed by atoms with Gasteiger partial charge in [0.05, 0.1) is 6.67 Å². The molecule has 2 nitrogen and oxygen atoms in total. The molecular weight excluding hydrogens is 582 g/mol. The molecule has 4 heteroatoms. The number of para-hydroxylation sites is 1. The van der Waals surface area contributed by atoms with E-state index in [1.165, 1.54) is 40.6 Å². The maximum atomic E-state index is 13.9. The molecule has 254 valence electrons. The van der Waals surface area contributed by atoms with Crippen molar-refractivity contribution in [3.05, 3.63) is 130 Å². The second-order valence-corrected chi connectivity index (χ2v) is 13.3. The number of likely N-dealkylation sites (tertiary alicyclic amines) is 1. The molecule has 47 heavy (non-hydrogen) atoms. The number of allylic oxidation sites excluding steroid dienone is 3. The molecule has 1 aliphatic heterocycles. The minimum atomic E-state index is -0.368. The molecule has 1 heterocycles. The van der Waals surface area contributed by atoms with Crippen molar-refractivity contribution < 1.29 is 8.78 Å². The van der Waals surface area contributed by atoms with Crippen LogP contribution >= 0.6 is 0 Å². The zero-order chi connectivity index (χ0) is 34.3. The Morgan fingerprint density at radius 1 is 0.979 bits per heavy atom. The molecule has 1 aliphatic rings. The van der Waals surface area contributed by atoms with Crippen molar-refractivity contribution in [2.45, 2.75) is 87.1 Å². The second kappa shape index (κ2) is 19.4. The zero-order valence-electron chi connectivity index (χ0n) is 30.1. The average Bonchev–Trinajstić information content (AvgIpc) is 3.05. The summed E-state index contributed by atoms with van der Waals surface area (Å²) >= 11 is 0. The lowest BCUT2D eigenvalue weighted by Gasteiger charge is -2.39. The van der Waals surface area contributed by atoms with E-state index in [0.29, 0.717) is 18.9 Å². The first-order valence-corrected chi connectivity index (χ1v) is 17.6. The Bertz CT molecular complexity index is 1480. The third kappa shape index (κ3) is 11.3. The molecule has 0 unspecified atom stereocenters. The number of rotatable bonds is 13. The van der Waals surface area contributed by atoms with Crippen LogP contribution in [0.3, 0.4) is 0 Å². The molecule has 4 rings (SSSR count). The lowest BCUT2D eigenvalue weighted by Crippen LogP contribution is -2.38. The summed E-state index contributed by atoms with van der Waals surface area (Å²) in [5, 5.41) is 0. The van der Waals surface area contributed by atoms with Gasteiger partial charge in [-0.25, -0.2) is 4.39 Å². The Hall–Kier alpha value is -3.50. The molecule has 1 saturated heterocycles. The third-order valence-corrected chi connectivity index (χ3v) is 9.19. The summed E-state index contributed by atoms with van der Waals surface area (Å²) in [5.74, 6) is 1.12. The molecule has 0 N–H and O–H groups in total. The molecule has 3 aromatic carbocycles. The van der Waals surface area contributed by atoms with Crippen LogP contribution in [0.25, 0.3) is 5.57 Å². The average molecular weight is 641 g/mol. The number of halogens is 2. The van der Waals surface area contributed by atoms with Crippen molar-refractivity contribution >= 4 is 11.3 Å². The van der Waals surface area contributed by atoms with E-state index in [-0.39, 0.29) is 12.5 Å². The quantitative estimate of drug-likeness (QED) is 0.172. The van der Waals surface area contributed by atoms with Gasteiger partial charge in [0.2, 0.25) is 0 Å². The molecule has 1 fully saturated rings. The first kappa shape index (κ1) is 38.0. The molecule has 0 amide bonds. The van der Waals surface area contributed by atoms with E-state index >= 15 is 0 Å². The largest absolute Gasteiger partial charge is 0.341 e. The van der Waals surface area contributed by atoms with Gasteiger partial charge in [-0.3, -0.25) is 9.29 Å². The standard InChI is InChI=1S/C38H46F2N2.C5H12/c1-6-11-38(42(26-28(3)18-21-39)37-15-9-8-12-29(37)4)32-19-22-41(23-20-32)27-31-16-17-36(30(5)24-31)35(7-2)33-13-10-14-34(40)25-33;1-4-5(2)3/h7-17,24-25,32H,3,6,18-23,26-27H2,1-2,4-5H3;5H,4H2,1-3H3/b35-7-,38-11+;. The number of aryl methyl sites for hydroxylation is 2. The highest BCUT2D eigenvalue weighted by atomic mass is 19.1. The monoisotopic (exact) mass is 640 g/mol. The van der Waals surface area contributed by atoms with Gasteiger partial charge in [-0.1, -0.05) is 107 Å². The summed E-state index contributed by atoms with van der Waals surface area (Å²) < 4.78 is 27.1. The summed E-state index contributed by atoms with van der Waals surface area (Å²) in [4.78, 5) is 4.95. The van der Waals surface area contributed by atoms with E-state index in [9.17, 15) is 8.78 Å². The summed E-state index contributed by atoms with van der Waals surface area (Å²) in [6.45, 7) is 22.6. The van der Waals surface area contributed by atoms with Gasteiger partial charge in [0.25, 0.3) is 0 Å². The fraction of sp³-hybridized carbons (Fsp3) is 0.442. The second-order valence-electron chi connectivity index (χ2n) is 13.3. The van der Waals surface area contributed by atoms with Crippen molar-refractivity contribution in [2.75, 3.05) is 31.2 Å². The molecule has 0 saturated carbocycles. The van der Waals surface area contributed by atoms with Crippen LogP contribution in [0.1, 0.15) is 94.5 Å². The summed E-state index contributed by atoms with van der Waals surface area (Å²) in [6, 6.07) is 22.0.